The predicted octanol–water partition coefficient (Wildman–Crippen LogP) is 4.41. The molecule has 0 saturated heterocycles. The van der Waals surface area contributed by atoms with Crippen LogP contribution in [0.1, 0.15) is 32.5 Å². The van der Waals surface area contributed by atoms with E-state index < -0.39 is 6.10 Å². The van der Waals surface area contributed by atoms with Crippen LogP contribution in [0.15, 0.2) is 24.3 Å². The topological polar surface area (TPSA) is 20.2 Å². The van der Waals surface area contributed by atoms with Crippen molar-refractivity contribution in [3.8, 4) is 0 Å². The molecule has 0 spiro atoms. The number of thiophene rings is 1. The lowest BCUT2D eigenvalue weighted by atomic mass is 10.0. The second kappa shape index (κ2) is 4.81. The summed E-state index contributed by atoms with van der Waals surface area (Å²) in [7, 11) is 0. The van der Waals surface area contributed by atoms with Gasteiger partial charge < -0.3 is 5.11 Å². The van der Waals surface area contributed by atoms with Crippen LogP contribution < -0.4 is 0 Å². The summed E-state index contributed by atoms with van der Waals surface area (Å²) in [6.07, 6.45) is -0.624. The van der Waals surface area contributed by atoms with Gasteiger partial charge in [0.2, 0.25) is 0 Å². The highest BCUT2D eigenvalue weighted by Gasteiger charge is 2.18. The Kier molecular flexibility index (Phi) is 3.57. The molecule has 1 unspecified atom stereocenters. The first kappa shape index (κ1) is 12.6. The van der Waals surface area contributed by atoms with Crippen molar-refractivity contribution >= 4 is 22.9 Å². The molecule has 0 fully saturated rings. The second-order valence-electron chi connectivity index (χ2n) is 4.28. The lowest BCUT2D eigenvalue weighted by Gasteiger charge is -2.13. The van der Waals surface area contributed by atoms with Gasteiger partial charge in [0.15, 0.2) is 0 Å². The van der Waals surface area contributed by atoms with E-state index in [9.17, 15) is 5.11 Å². The van der Waals surface area contributed by atoms with Crippen molar-refractivity contribution in [3.63, 3.8) is 0 Å². The smallest absolute Gasteiger partial charge is 0.115 e. The van der Waals surface area contributed by atoms with Crippen LogP contribution >= 0.6 is 22.9 Å². The average Bonchev–Trinajstić information content (AvgIpc) is 2.61. The molecule has 2 rings (SSSR count). The molecule has 1 N–H and O–H groups in total. The molecule has 0 aliphatic rings. The Labute approximate surface area is 111 Å². The van der Waals surface area contributed by atoms with Gasteiger partial charge in [-0.15, -0.1) is 11.3 Å². The van der Waals surface area contributed by atoms with E-state index in [0.29, 0.717) is 5.02 Å². The summed E-state index contributed by atoms with van der Waals surface area (Å²) in [6, 6.07) is 7.85. The first-order chi connectivity index (χ1) is 8.00. The third-order valence-corrected chi connectivity index (χ3v) is 4.57. The molecule has 2 aromatic rings. The summed E-state index contributed by atoms with van der Waals surface area (Å²) in [6.45, 7) is 6.02. The van der Waals surface area contributed by atoms with Crippen molar-refractivity contribution in [1.29, 1.82) is 0 Å². The quantitative estimate of drug-likeness (QED) is 0.854. The van der Waals surface area contributed by atoms with Gasteiger partial charge in [-0.05, 0) is 38.0 Å². The molecular formula is C14H15ClOS. The van der Waals surface area contributed by atoms with Gasteiger partial charge in [0, 0.05) is 20.3 Å². The minimum Gasteiger partial charge on any atom is -0.383 e. The fraction of sp³-hybridized carbons (Fsp3) is 0.286. The molecule has 17 heavy (non-hydrogen) atoms. The van der Waals surface area contributed by atoms with Crippen LogP contribution in [-0.2, 0) is 0 Å². The zero-order chi connectivity index (χ0) is 12.6. The first-order valence-electron chi connectivity index (χ1n) is 5.50. The Morgan fingerprint density at radius 1 is 1.18 bits per heavy atom. The van der Waals surface area contributed by atoms with Crippen molar-refractivity contribution in [1.82, 2.24) is 0 Å². The zero-order valence-electron chi connectivity index (χ0n) is 10.1. The monoisotopic (exact) mass is 266 g/mol. The van der Waals surface area contributed by atoms with Crippen LogP contribution in [0.5, 0.6) is 0 Å². The van der Waals surface area contributed by atoms with Gasteiger partial charge in [0.1, 0.15) is 6.10 Å². The Balaban J connectivity index is 2.47. The average molecular weight is 267 g/mol. The van der Waals surface area contributed by atoms with Crippen molar-refractivity contribution < 1.29 is 5.11 Å². The van der Waals surface area contributed by atoms with Crippen molar-refractivity contribution in [2.24, 2.45) is 0 Å². The number of halogens is 1. The molecule has 90 valence electrons. The third kappa shape index (κ3) is 2.39. The number of hydrogen-bond donors (Lipinski definition) is 1. The molecule has 1 heterocycles. The lowest BCUT2D eigenvalue weighted by molar-refractivity contribution is 0.223. The van der Waals surface area contributed by atoms with E-state index in [1.807, 2.05) is 39.0 Å². The first-order valence-corrected chi connectivity index (χ1v) is 6.70. The number of rotatable bonds is 2. The van der Waals surface area contributed by atoms with Crippen LogP contribution in [0.4, 0.5) is 0 Å². The third-order valence-electron chi connectivity index (χ3n) is 2.84. The maximum absolute atomic E-state index is 10.4. The van der Waals surface area contributed by atoms with E-state index in [0.717, 1.165) is 21.6 Å². The van der Waals surface area contributed by atoms with Gasteiger partial charge in [0.25, 0.3) is 0 Å². The molecule has 0 aliphatic heterocycles. The molecular weight excluding hydrogens is 252 g/mol. The summed E-state index contributed by atoms with van der Waals surface area (Å²) in [5.74, 6) is 0. The van der Waals surface area contributed by atoms with Gasteiger partial charge in [-0.25, -0.2) is 0 Å². The lowest BCUT2D eigenvalue weighted by Crippen LogP contribution is -2.00. The Hall–Kier alpha value is -0.830. The van der Waals surface area contributed by atoms with Gasteiger partial charge in [-0.1, -0.05) is 29.8 Å². The minimum atomic E-state index is -0.624. The van der Waals surface area contributed by atoms with Gasteiger partial charge in [-0.3, -0.25) is 0 Å². The van der Waals surface area contributed by atoms with Crippen molar-refractivity contribution in [3.05, 3.63) is 55.7 Å². The summed E-state index contributed by atoms with van der Waals surface area (Å²) < 4.78 is 0. The molecule has 1 atom stereocenters. The van der Waals surface area contributed by atoms with Crippen LogP contribution in [0, 0.1) is 20.8 Å². The summed E-state index contributed by atoms with van der Waals surface area (Å²) in [5, 5.41) is 11.1. The molecule has 1 nitrogen and oxygen atoms in total. The molecule has 3 heteroatoms. The highest BCUT2D eigenvalue weighted by Crippen LogP contribution is 2.35. The Morgan fingerprint density at radius 3 is 2.47 bits per heavy atom. The minimum absolute atomic E-state index is 0.624. The summed E-state index contributed by atoms with van der Waals surface area (Å²) >= 11 is 7.86. The Morgan fingerprint density at radius 2 is 1.88 bits per heavy atom. The molecule has 0 radical (unpaired) electrons. The molecule has 0 saturated carbocycles. The largest absolute Gasteiger partial charge is 0.383 e. The van der Waals surface area contributed by atoms with Crippen LogP contribution in [0.2, 0.25) is 5.02 Å². The number of aliphatic hydroxyl groups is 1. The molecule has 0 bridgehead atoms. The van der Waals surface area contributed by atoms with Crippen molar-refractivity contribution in [2.45, 2.75) is 26.9 Å². The van der Waals surface area contributed by atoms with Crippen molar-refractivity contribution in [2.75, 3.05) is 0 Å². The predicted molar refractivity (Wildman–Crippen MR) is 74.0 cm³/mol. The van der Waals surface area contributed by atoms with E-state index in [1.54, 1.807) is 11.3 Å². The molecule has 0 aliphatic carbocycles. The fourth-order valence-corrected chi connectivity index (χ4v) is 3.22. The van der Waals surface area contributed by atoms with Crippen LogP contribution in [-0.4, -0.2) is 5.11 Å². The maximum atomic E-state index is 10.4. The molecule has 0 amide bonds. The van der Waals surface area contributed by atoms with E-state index >= 15 is 0 Å². The number of aliphatic hydroxyl groups excluding tert-OH is 1. The van der Waals surface area contributed by atoms with Gasteiger partial charge in [0.05, 0.1) is 0 Å². The zero-order valence-corrected chi connectivity index (χ0v) is 11.7. The van der Waals surface area contributed by atoms with E-state index in [-0.39, 0.29) is 0 Å². The maximum Gasteiger partial charge on any atom is 0.115 e. The highest BCUT2D eigenvalue weighted by molar-refractivity contribution is 7.12. The fourth-order valence-electron chi connectivity index (χ4n) is 1.95. The second-order valence-corrected chi connectivity index (χ2v) is 5.95. The van der Waals surface area contributed by atoms with E-state index in [4.69, 9.17) is 11.6 Å². The Bertz CT molecular complexity index is 545. The van der Waals surface area contributed by atoms with E-state index in [2.05, 4.69) is 6.07 Å². The standard InChI is InChI=1S/C14H15ClOS/c1-8-5-4-6-11(12(8)15)13(16)14-9(2)7-10(3)17-14/h4-7,13,16H,1-3H3. The summed E-state index contributed by atoms with van der Waals surface area (Å²) in [5.41, 5.74) is 2.91. The molecule has 1 aromatic heterocycles. The van der Waals surface area contributed by atoms with Crippen LogP contribution in [0.25, 0.3) is 0 Å². The number of benzene rings is 1. The van der Waals surface area contributed by atoms with Gasteiger partial charge in [-0.2, -0.15) is 0 Å². The molecule has 1 aromatic carbocycles. The highest BCUT2D eigenvalue weighted by atomic mass is 35.5. The van der Waals surface area contributed by atoms with Gasteiger partial charge >= 0.3 is 0 Å². The van der Waals surface area contributed by atoms with Crippen LogP contribution in [0.3, 0.4) is 0 Å². The normalized spacial score (nSPS) is 12.8. The SMILES string of the molecule is Cc1cc(C)c(C(O)c2cccc(C)c2Cl)s1. The number of hydrogen-bond acceptors (Lipinski definition) is 2. The summed E-state index contributed by atoms with van der Waals surface area (Å²) in [4.78, 5) is 2.19. The van der Waals surface area contributed by atoms with E-state index in [1.165, 1.54) is 4.88 Å². The number of aryl methyl sites for hydroxylation is 3.